The van der Waals surface area contributed by atoms with E-state index in [9.17, 15) is 4.79 Å². The predicted molar refractivity (Wildman–Crippen MR) is 92.6 cm³/mol. The van der Waals surface area contributed by atoms with Gasteiger partial charge in [-0.05, 0) is 43.0 Å². The highest BCUT2D eigenvalue weighted by Crippen LogP contribution is 2.30. The van der Waals surface area contributed by atoms with Gasteiger partial charge in [-0.2, -0.15) is 0 Å². The van der Waals surface area contributed by atoms with Crippen molar-refractivity contribution in [1.29, 1.82) is 0 Å². The molecule has 0 bridgehead atoms. The number of carbonyl (C=O) groups excluding carboxylic acids is 1. The summed E-state index contributed by atoms with van der Waals surface area (Å²) >= 11 is 0. The summed E-state index contributed by atoms with van der Waals surface area (Å²) in [6, 6.07) is 3.86. The summed E-state index contributed by atoms with van der Waals surface area (Å²) in [7, 11) is 5.04. The van der Waals surface area contributed by atoms with Crippen molar-refractivity contribution in [3.63, 3.8) is 0 Å². The molecule has 0 saturated carbocycles. The Kier molecular flexibility index (Phi) is 6.87. The van der Waals surface area contributed by atoms with Gasteiger partial charge in [0.25, 0.3) is 0 Å². The summed E-state index contributed by atoms with van der Waals surface area (Å²) in [5.74, 6) is 1.43. The lowest BCUT2D eigenvalue weighted by Gasteiger charge is -2.20. The number of amides is 1. The first-order chi connectivity index (χ1) is 11.5. The highest BCUT2D eigenvalue weighted by Gasteiger charge is 2.17. The number of nitrogens with zero attached hydrogens (tertiary/aromatic N) is 1. The molecular formula is C18H28N2O4. The first-order valence-electron chi connectivity index (χ1n) is 8.33. The molecule has 1 aromatic carbocycles. The second-order valence-electron chi connectivity index (χ2n) is 6.15. The average molecular weight is 336 g/mol. The Balaban J connectivity index is 1.88. The lowest BCUT2D eigenvalue weighted by atomic mass is 10.1. The van der Waals surface area contributed by atoms with Gasteiger partial charge in [0, 0.05) is 26.7 Å². The smallest absolute Gasteiger partial charge is 0.236 e. The van der Waals surface area contributed by atoms with E-state index >= 15 is 0 Å². The third kappa shape index (κ3) is 4.85. The fourth-order valence-electron chi connectivity index (χ4n) is 2.82. The molecule has 0 radical (unpaired) electrons. The minimum absolute atomic E-state index is 0.0576. The van der Waals surface area contributed by atoms with Crippen molar-refractivity contribution in [1.82, 2.24) is 10.2 Å². The van der Waals surface area contributed by atoms with Gasteiger partial charge >= 0.3 is 0 Å². The van der Waals surface area contributed by atoms with Crippen LogP contribution in [-0.2, 0) is 16.1 Å². The summed E-state index contributed by atoms with van der Waals surface area (Å²) in [6.45, 7) is 4.42. The van der Waals surface area contributed by atoms with E-state index in [1.54, 1.807) is 19.1 Å². The SMILES string of the molecule is COc1cc(C)c(CN(C)C(=O)CNCC2CCCO2)cc1OC. The summed E-state index contributed by atoms with van der Waals surface area (Å²) in [6.07, 6.45) is 2.43. The molecule has 1 atom stereocenters. The molecule has 1 aromatic rings. The highest BCUT2D eigenvalue weighted by atomic mass is 16.5. The van der Waals surface area contributed by atoms with Crippen LogP contribution in [0, 0.1) is 6.92 Å². The molecule has 134 valence electrons. The number of rotatable bonds is 8. The number of ether oxygens (including phenoxy) is 3. The fourth-order valence-corrected chi connectivity index (χ4v) is 2.82. The number of hydrogen-bond acceptors (Lipinski definition) is 5. The Bertz CT molecular complexity index is 556. The Hall–Kier alpha value is -1.79. The molecule has 1 N–H and O–H groups in total. The van der Waals surface area contributed by atoms with E-state index < -0.39 is 0 Å². The van der Waals surface area contributed by atoms with Crippen molar-refractivity contribution in [2.24, 2.45) is 0 Å². The Morgan fingerprint density at radius 1 is 1.33 bits per heavy atom. The summed E-state index contributed by atoms with van der Waals surface area (Å²) < 4.78 is 16.2. The first kappa shape index (κ1) is 18.5. The van der Waals surface area contributed by atoms with Crippen molar-refractivity contribution >= 4 is 5.91 Å². The number of nitrogens with one attached hydrogen (secondary N) is 1. The molecule has 1 aliphatic heterocycles. The zero-order valence-corrected chi connectivity index (χ0v) is 15.1. The maximum absolute atomic E-state index is 12.3. The molecular weight excluding hydrogens is 308 g/mol. The molecule has 2 rings (SSSR count). The molecule has 24 heavy (non-hydrogen) atoms. The van der Waals surface area contributed by atoms with Gasteiger partial charge in [-0.1, -0.05) is 0 Å². The van der Waals surface area contributed by atoms with Gasteiger partial charge in [-0.15, -0.1) is 0 Å². The standard InChI is InChI=1S/C18H28N2O4/c1-13-8-16(22-3)17(23-4)9-14(13)12-20(2)18(21)11-19-10-15-6-5-7-24-15/h8-9,15,19H,5-7,10-12H2,1-4H3. The van der Waals surface area contributed by atoms with Crippen LogP contribution in [0.4, 0.5) is 0 Å². The van der Waals surface area contributed by atoms with Crippen LogP contribution in [0.5, 0.6) is 11.5 Å². The third-order valence-corrected chi connectivity index (χ3v) is 4.35. The average Bonchev–Trinajstić information content (AvgIpc) is 3.09. The number of carbonyl (C=O) groups is 1. The molecule has 1 fully saturated rings. The fraction of sp³-hybridized carbons (Fsp3) is 0.611. The van der Waals surface area contributed by atoms with Gasteiger partial charge in [0.05, 0.1) is 26.9 Å². The number of benzene rings is 1. The quantitative estimate of drug-likeness (QED) is 0.783. The molecule has 6 nitrogen and oxygen atoms in total. The molecule has 6 heteroatoms. The molecule has 1 aliphatic rings. The monoisotopic (exact) mass is 336 g/mol. The normalized spacial score (nSPS) is 16.9. The summed E-state index contributed by atoms with van der Waals surface area (Å²) in [5.41, 5.74) is 2.11. The van der Waals surface area contributed by atoms with Crippen LogP contribution < -0.4 is 14.8 Å². The van der Waals surface area contributed by atoms with E-state index in [-0.39, 0.29) is 12.0 Å². The van der Waals surface area contributed by atoms with E-state index in [1.165, 1.54) is 0 Å². The number of aryl methyl sites for hydroxylation is 1. The van der Waals surface area contributed by atoms with Gasteiger partial charge < -0.3 is 24.4 Å². The van der Waals surface area contributed by atoms with Crippen LogP contribution in [0.1, 0.15) is 24.0 Å². The van der Waals surface area contributed by atoms with E-state index in [0.29, 0.717) is 24.6 Å². The van der Waals surface area contributed by atoms with Crippen molar-refractivity contribution in [2.75, 3.05) is 41.0 Å². The molecule has 1 heterocycles. The van der Waals surface area contributed by atoms with Crippen molar-refractivity contribution in [3.05, 3.63) is 23.3 Å². The van der Waals surface area contributed by atoms with E-state index in [2.05, 4.69) is 5.32 Å². The Morgan fingerprint density at radius 3 is 2.67 bits per heavy atom. The third-order valence-electron chi connectivity index (χ3n) is 4.35. The first-order valence-corrected chi connectivity index (χ1v) is 8.33. The van der Waals surface area contributed by atoms with Crippen molar-refractivity contribution in [3.8, 4) is 11.5 Å². The summed E-state index contributed by atoms with van der Waals surface area (Å²) in [4.78, 5) is 14.0. The van der Waals surface area contributed by atoms with Gasteiger partial charge in [0.15, 0.2) is 11.5 Å². The van der Waals surface area contributed by atoms with Crippen LogP contribution in [-0.4, -0.2) is 57.9 Å². The molecule has 0 aliphatic carbocycles. The second kappa shape index (κ2) is 8.89. The topological polar surface area (TPSA) is 60.0 Å². The Labute approximate surface area is 144 Å². The highest BCUT2D eigenvalue weighted by molar-refractivity contribution is 5.78. The second-order valence-corrected chi connectivity index (χ2v) is 6.15. The molecule has 1 saturated heterocycles. The van der Waals surface area contributed by atoms with Crippen molar-refractivity contribution < 1.29 is 19.0 Å². The van der Waals surface area contributed by atoms with Crippen LogP contribution in [0.3, 0.4) is 0 Å². The lowest BCUT2D eigenvalue weighted by molar-refractivity contribution is -0.129. The van der Waals surface area contributed by atoms with Crippen LogP contribution >= 0.6 is 0 Å². The maximum atomic E-state index is 12.3. The predicted octanol–water partition coefficient (Wildman–Crippen LogP) is 1.74. The van der Waals surface area contributed by atoms with Crippen LogP contribution in [0.25, 0.3) is 0 Å². The van der Waals surface area contributed by atoms with Gasteiger partial charge in [0.2, 0.25) is 5.91 Å². The Morgan fingerprint density at radius 2 is 2.04 bits per heavy atom. The summed E-state index contributed by atoms with van der Waals surface area (Å²) in [5, 5.41) is 3.19. The number of methoxy groups -OCH3 is 2. The lowest BCUT2D eigenvalue weighted by Crippen LogP contribution is -2.38. The zero-order chi connectivity index (χ0) is 17.5. The largest absolute Gasteiger partial charge is 0.493 e. The zero-order valence-electron chi connectivity index (χ0n) is 15.1. The van der Waals surface area contributed by atoms with E-state index in [1.807, 2.05) is 26.1 Å². The van der Waals surface area contributed by atoms with Gasteiger partial charge in [0.1, 0.15) is 0 Å². The number of likely N-dealkylation sites (N-methyl/N-ethyl adjacent to an activating group) is 1. The number of hydrogen-bond donors (Lipinski definition) is 1. The molecule has 1 unspecified atom stereocenters. The van der Waals surface area contributed by atoms with Crippen LogP contribution in [0.2, 0.25) is 0 Å². The van der Waals surface area contributed by atoms with E-state index in [4.69, 9.17) is 14.2 Å². The molecule has 0 aromatic heterocycles. The van der Waals surface area contributed by atoms with Gasteiger partial charge in [-0.3, -0.25) is 4.79 Å². The van der Waals surface area contributed by atoms with Gasteiger partial charge in [-0.25, -0.2) is 0 Å². The minimum Gasteiger partial charge on any atom is -0.493 e. The van der Waals surface area contributed by atoms with Crippen molar-refractivity contribution in [2.45, 2.75) is 32.4 Å². The maximum Gasteiger partial charge on any atom is 0.236 e. The molecule has 1 amide bonds. The van der Waals surface area contributed by atoms with Crippen LogP contribution in [0.15, 0.2) is 12.1 Å². The minimum atomic E-state index is 0.0576. The van der Waals surface area contributed by atoms with E-state index in [0.717, 1.165) is 37.1 Å². The molecule has 0 spiro atoms.